The van der Waals surface area contributed by atoms with Crippen LogP contribution in [0.1, 0.15) is 16.1 Å². The molecule has 132 valence electrons. The third kappa shape index (κ3) is 3.07. The van der Waals surface area contributed by atoms with Gasteiger partial charge in [-0.25, -0.2) is 14.1 Å². The van der Waals surface area contributed by atoms with E-state index in [1.165, 1.54) is 16.9 Å². The minimum Gasteiger partial charge on any atom is -0.365 e. The van der Waals surface area contributed by atoms with Gasteiger partial charge in [0.05, 0.1) is 28.1 Å². The van der Waals surface area contributed by atoms with Crippen LogP contribution in [0.2, 0.25) is 0 Å². The first-order valence-corrected chi connectivity index (χ1v) is 7.39. The topological polar surface area (TPSA) is 129 Å². The van der Waals surface area contributed by atoms with Gasteiger partial charge < -0.3 is 11.1 Å². The van der Waals surface area contributed by atoms with Gasteiger partial charge in [-0.15, -0.1) is 0 Å². The van der Waals surface area contributed by atoms with Crippen molar-refractivity contribution in [1.29, 1.82) is 0 Å². The summed E-state index contributed by atoms with van der Waals surface area (Å²) in [6.07, 6.45) is 2.43. The molecule has 0 bridgehead atoms. The van der Waals surface area contributed by atoms with E-state index in [0.717, 1.165) is 12.3 Å². The van der Waals surface area contributed by atoms with Gasteiger partial charge in [0.15, 0.2) is 0 Å². The molecule has 3 rings (SSSR count). The van der Waals surface area contributed by atoms with E-state index in [-0.39, 0.29) is 22.8 Å². The molecule has 9 nitrogen and oxygen atoms in total. The summed E-state index contributed by atoms with van der Waals surface area (Å²) in [7, 11) is 0. The molecule has 3 aromatic rings. The molecule has 26 heavy (non-hydrogen) atoms. The zero-order chi connectivity index (χ0) is 18.8. The number of pyridine rings is 1. The highest BCUT2D eigenvalue weighted by Gasteiger charge is 2.18. The Labute approximate surface area is 146 Å². The first-order valence-electron chi connectivity index (χ1n) is 7.39. The van der Waals surface area contributed by atoms with Gasteiger partial charge in [-0.1, -0.05) is 12.1 Å². The molecule has 0 aliphatic rings. The summed E-state index contributed by atoms with van der Waals surface area (Å²) in [4.78, 5) is 25.6. The Kier molecular flexibility index (Phi) is 4.31. The van der Waals surface area contributed by atoms with E-state index < -0.39 is 16.6 Å². The van der Waals surface area contributed by atoms with Crippen molar-refractivity contribution < 1.29 is 14.1 Å². The number of hydrogen-bond acceptors (Lipinski definition) is 6. The Bertz CT molecular complexity index is 1020. The van der Waals surface area contributed by atoms with E-state index >= 15 is 0 Å². The fourth-order valence-electron chi connectivity index (χ4n) is 2.37. The van der Waals surface area contributed by atoms with Crippen LogP contribution in [0.5, 0.6) is 0 Å². The molecule has 0 aliphatic carbocycles. The number of amides is 1. The average Bonchev–Trinajstić information content (AvgIpc) is 2.96. The van der Waals surface area contributed by atoms with Crippen LogP contribution in [0.4, 0.5) is 21.6 Å². The minimum atomic E-state index is -0.872. The largest absolute Gasteiger partial charge is 0.365 e. The molecule has 0 saturated heterocycles. The Morgan fingerprint density at radius 3 is 2.73 bits per heavy atom. The molecule has 3 N–H and O–H groups in total. The van der Waals surface area contributed by atoms with E-state index in [0.29, 0.717) is 11.4 Å². The average molecular weight is 356 g/mol. The number of primary amides is 1. The van der Waals surface area contributed by atoms with Crippen LogP contribution in [0, 0.1) is 22.9 Å². The Morgan fingerprint density at radius 1 is 1.35 bits per heavy atom. The third-order valence-corrected chi connectivity index (χ3v) is 3.69. The van der Waals surface area contributed by atoms with Crippen molar-refractivity contribution >= 4 is 23.1 Å². The molecule has 0 fully saturated rings. The monoisotopic (exact) mass is 356 g/mol. The van der Waals surface area contributed by atoms with E-state index in [2.05, 4.69) is 15.4 Å². The van der Waals surface area contributed by atoms with Crippen LogP contribution < -0.4 is 11.1 Å². The smallest absolute Gasteiger partial charge is 0.288 e. The molecule has 0 unspecified atom stereocenters. The number of aromatic nitrogens is 3. The maximum atomic E-state index is 14.0. The molecular formula is C16H13FN6O3. The second-order valence-corrected chi connectivity index (χ2v) is 5.34. The fourth-order valence-corrected chi connectivity index (χ4v) is 2.37. The van der Waals surface area contributed by atoms with Gasteiger partial charge in [-0.3, -0.25) is 14.9 Å². The summed E-state index contributed by atoms with van der Waals surface area (Å²) in [5, 5.41) is 17.8. The van der Waals surface area contributed by atoms with Gasteiger partial charge in [0.2, 0.25) is 0 Å². The van der Waals surface area contributed by atoms with Crippen molar-refractivity contribution in [2.45, 2.75) is 6.92 Å². The number of rotatable bonds is 5. The van der Waals surface area contributed by atoms with Crippen LogP contribution in [0.3, 0.4) is 0 Å². The quantitative estimate of drug-likeness (QED) is 0.534. The molecule has 0 spiro atoms. The van der Waals surface area contributed by atoms with Gasteiger partial charge >= 0.3 is 0 Å². The molecule has 2 heterocycles. The summed E-state index contributed by atoms with van der Waals surface area (Å²) in [5.41, 5.74) is 6.02. The van der Waals surface area contributed by atoms with Crippen molar-refractivity contribution in [2.24, 2.45) is 5.73 Å². The molecule has 2 aromatic heterocycles. The molecule has 1 amide bonds. The molecule has 0 saturated carbocycles. The number of halogens is 1. The van der Waals surface area contributed by atoms with Crippen molar-refractivity contribution in [2.75, 3.05) is 5.32 Å². The number of hydrogen-bond donors (Lipinski definition) is 2. The van der Waals surface area contributed by atoms with Crippen molar-refractivity contribution in [3.8, 4) is 5.69 Å². The highest BCUT2D eigenvalue weighted by atomic mass is 19.1. The van der Waals surface area contributed by atoms with E-state index in [9.17, 15) is 19.3 Å². The minimum absolute atomic E-state index is 0.0410. The summed E-state index contributed by atoms with van der Waals surface area (Å²) in [5.74, 6) is -1.28. The number of anilines is 2. The van der Waals surface area contributed by atoms with Crippen molar-refractivity contribution in [3.63, 3.8) is 0 Å². The highest BCUT2D eigenvalue weighted by molar-refractivity contribution is 5.98. The zero-order valence-corrected chi connectivity index (χ0v) is 13.5. The zero-order valence-electron chi connectivity index (χ0n) is 13.5. The lowest BCUT2D eigenvalue weighted by Crippen LogP contribution is -2.15. The predicted octanol–water partition coefficient (Wildman–Crippen LogP) is 2.47. The van der Waals surface area contributed by atoms with Gasteiger partial charge in [-0.05, 0) is 19.1 Å². The maximum Gasteiger partial charge on any atom is 0.288 e. The maximum absolute atomic E-state index is 14.0. The van der Waals surface area contributed by atoms with E-state index in [4.69, 9.17) is 5.73 Å². The van der Waals surface area contributed by atoms with Crippen LogP contribution in [0.15, 0.2) is 42.7 Å². The number of nitrogens with two attached hydrogens (primary N) is 1. The highest BCUT2D eigenvalue weighted by Crippen LogP contribution is 2.26. The standard InChI is InChI=1S/C16H13FN6O3/c1-9-13(8-20-22(9)14-5-3-2-4-12(14)17)21-16-11(15(18)24)6-10(7-19-16)23(25)26/h2-8H,1H3,(H2,18,24)(H,19,21). The molecule has 1 aromatic carbocycles. The number of para-hydroxylation sites is 1. The summed E-state index contributed by atoms with van der Waals surface area (Å²) in [6.45, 7) is 1.69. The van der Waals surface area contributed by atoms with Gasteiger partial charge in [0, 0.05) is 6.07 Å². The lowest BCUT2D eigenvalue weighted by Gasteiger charge is -2.09. The lowest BCUT2D eigenvalue weighted by molar-refractivity contribution is -0.385. The Balaban J connectivity index is 1.99. The van der Waals surface area contributed by atoms with E-state index in [1.807, 2.05) is 0 Å². The number of carbonyl (C=O) groups excluding carboxylic acids is 1. The SMILES string of the molecule is Cc1c(Nc2ncc([N+](=O)[O-])cc2C(N)=O)cnn1-c1ccccc1F. The third-order valence-electron chi connectivity index (χ3n) is 3.69. The van der Waals surface area contributed by atoms with Crippen LogP contribution in [0.25, 0.3) is 5.69 Å². The first kappa shape index (κ1) is 17.0. The second kappa shape index (κ2) is 6.59. The second-order valence-electron chi connectivity index (χ2n) is 5.34. The summed E-state index contributed by atoms with van der Waals surface area (Å²) in [6, 6.07) is 7.16. The number of carbonyl (C=O) groups is 1. The summed E-state index contributed by atoms with van der Waals surface area (Å²) < 4.78 is 15.3. The van der Waals surface area contributed by atoms with Crippen molar-refractivity contribution in [1.82, 2.24) is 14.8 Å². The summed E-state index contributed by atoms with van der Waals surface area (Å²) >= 11 is 0. The molecular weight excluding hydrogens is 343 g/mol. The normalized spacial score (nSPS) is 10.5. The Hall–Kier alpha value is -3.82. The van der Waals surface area contributed by atoms with Crippen molar-refractivity contribution in [3.05, 3.63) is 69.9 Å². The van der Waals surface area contributed by atoms with Crippen LogP contribution in [-0.2, 0) is 0 Å². The fraction of sp³-hybridized carbons (Fsp3) is 0.0625. The lowest BCUT2D eigenvalue weighted by atomic mass is 10.2. The van der Waals surface area contributed by atoms with E-state index in [1.54, 1.807) is 25.1 Å². The van der Waals surface area contributed by atoms with Gasteiger partial charge in [0.1, 0.15) is 23.5 Å². The molecule has 0 radical (unpaired) electrons. The van der Waals surface area contributed by atoms with Crippen LogP contribution in [-0.4, -0.2) is 25.6 Å². The molecule has 0 aliphatic heterocycles. The number of nitrogens with one attached hydrogen (secondary N) is 1. The predicted molar refractivity (Wildman–Crippen MR) is 91.0 cm³/mol. The van der Waals surface area contributed by atoms with Crippen LogP contribution >= 0.6 is 0 Å². The van der Waals surface area contributed by atoms with Gasteiger partial charge in [-0.2, -0.15) is 5.10 Å². The molecule has 10 heteroatoms. The van der Waals surface area contributed by atoms with Gasteiger partial charge in [0.25, 0.3) is 11.6 Å². The number of benzene rings is 1. The molecule has 0 atom stereocenters. The number of nitro groups is 1. The Morgan fingerprint density at radius 2 is 2.08 bits per heavy atom. The number of nitrogens with zero attached hydrogens (tertiary/aromatic N) is 4. The first-order chi connectivity index (χ1) is 12.4.